The van der Waals surface area contributed by atoms with E-state index in [0.29, 0.717) is 22.4 Å². The lowest BCUT2D eigenvalue weighted by Gasteiger charge is -2.15. The maximum Gasteiger partial charge on any atom is 0.273 e. The molecule has 2 N–H and O–H groups in total. The summed E-state index contributed by atoms with van der Waals surface area (Å²) >= 11 is 1.22. The summed E-state index contributed by atoms with van der Waals surface area (Å²) in [4.78, 5) is 36.4. The molecule has 40 heavy (non-hydrogen) atoms. The number of carbonyl (C=O) groups excluding carboxylic acids is 2. The molecule has 0 aliphatic heterocycles. The molecule has 0 fully saturated rings. The molecule has 0 bridgehead atoms. The van der Waals surface area contributed by atoms with Crippen molar-refractivity contribution < 1.29 is 19.2 Å². The first-order valence-corrected chi connectivity index (χ1v) is 13.3. The number of ether oxygens (including phenoxy) is 1. The van der Waals surface area contributed by atoms with Gasteiger partial charge in [-0.25, -0.2) is 0 Å². The third kappa shape index (κ3) is 6.29. The van der Waals surface area contributed by atoms with Gasteiger partial charge in [0.15, 0.2) is 11.0 Å². The molecule has 11 nitrogen and oxygen atoms in total. The van der Waals surface area contributed by atoms with Gasteiger partial charge in [-0.1, -0.05) is 30.0 Å². The molecule has 0 saturated heterocycles. The summed E-state index contributed by atoms with van der Waals surface area (Å²) in [5.74, 6) is 0.526. The first kappa shape index (κ1) is 28.3. The highest BCUT2D eigenvalue weighted by molar-refractivity contribution is 7.99. The molecular weight excluding hydrogens is 532 g/mol. The summed E-state index contributed by atoms with van der Waals surface area (Å²) in [7, 11) is 1.57. The van der Waals surface area contributed by atoms with E-state index in [1.807, 2.05) is 36.6 Å². The minimum atomic E-state index is -0.516. The normalized spacial score (nSPS) is 10.7. The van der Waals surface area contributed by atoms with E-state index in [4.69, 9.17) is 4.74 Å². The zero-order valence-electron chi connectivity index (χ0n) is 22.4. The van der Waals surface area contributed by atoms with Crippen molar-refractivity contribution in [1.82, 2.24) is 20.1 Å². The van der Waals surface area contributed by atoms with Crippen LogP contribution in [0.15, 0.2) is 65.8 Å². The first-order chi connectivity index (χ1) is 19.2. The Morgan fingerprint density at radius 3 is 2.42 bits per heavy atom. The van der Waals surface area contributed by atoms with Gasteiger partial charge in [-0.3, -0.25) is 24.3 Å². The highest BCUT2D eigenvalue weighted by atomic mass is 32.2. The molecule has 12 heteroatoms. The second kappa shape index (κ2) is 12.4. The molecule has 0 spiro atoms. The van der Waals surface area contributed by atoms with E-state index in [2.05, 4.69) is 20.8 Å². The third-order valence-corrected chi connectivity index (χ3v) is 7.31. The van der Waals surface area contributed by atoms with Crippen molar-refractivity contribution in [3.05, 3.63) is 98.9 Å². The van der Waals surface area contributed by atoms with Crippen molar-refractivity contribution in [2.45, 2.75) is 32.5 Å². The van der Waals surface area contributed by atoms with Crippen LogP contribution in [0.1, 0.15) is 32.9 Å². The summed E-state index contributed by atoms with van der Waals surface area (Å²) in [5.41, 5.74) is 3.87. The van der Waals surface area contributed by atoms with Crippen LogP contribution in [0.5, 0.6) is 5.75 Å². The Morgan fingerprint density at radius 1 is 1.00 bits per heavy atom. The Labute approximate surface area is 235 Å². The fourth-order valence-corrected chi connectivity index (χ4v) is 4.82. The SMILES string of the molecule is COc1ccc(NC(=O)CSc2nnc(CNC(=O)c3cccc([N+](=O)[O-])c3C)n2-c2cccc(C)c2C)cc1. The third-order valence-electron chi connectivity index (χ3n) is 6.38. The molecule has 1 heterocycles. The fourth-order valence-electron chi connectivity index (χ4n) is 4.05. The van der Waals surface area contributed by atoms with Crippen molar-refractivity contribution in [3.8, 4) is 11.4 Å². The molecule has 1 aromatic heterocycles. The van der Waals surface area contributed by atoms with Gasteiger partial charge in [0.25, 0.3) is 11.6 Å². The Balaban J connectivity index is 1.55. The van der Waals surface area contributed by atoms with E-state index >= 15 is 0 Å². The fraction of sp³-hybridized carbons (Fsp3) is 0.214. The molecule has 4 rings (SSSR count). The van der Waals surface area contributed by atoms with E-state index in [-0.39, 0.29) is 35.0 Å². The molecule has 206 valence electrons. The average Bonchev–Trinajstić information content (AvgIpc) is 3.35. The molecule has 0 saturated carbocycles. The second-order valence-electron chi connectivity index (χ2n) is 8.91. The van der Waals surface area contributed by atoms with E-state index in [1.165, 1.54) is 36.9 Å². The Hall–Kier alpha value is -4.71. The number of rotatable bonds is 10. The number of anilines is 1. The predicted octanol–water partition coefficient (Wildman–Crippen LogP) is 4.77. The summed E-state index contributed by atoms with van der Waals surface area (Å²) in [6, 6.07) is 17.2. The second-order valence-corrected chi connectivity index (χ2v) is 9.85. The molecule has 3 aromatic carbocycles. The van der Waals surface area contributed by atoms with Crippen molar-refractivity contribution in [3.63, 3.8) is 0 Å². The maximum atomic E-state index is 13.0. The number of carbonyl (C=O) groups is 2. The van der Waals surface area contributed by atoms with Crippen LogP contribution < -0.4 is 15.4 Å². The number of aryl methyl sites for hydroxylation is 1. The lowest BCUT2D eigenvalue weighted by molar-refractivity contribution is -0.385. The van der Waals surface area contributed by atoms with Crippen LogP contribution >= 0.6 is 11.8 Å². The maximum absolute atomic E-state index is 13.0. The number of thioether (sulfide) groups is 1. The van der Waals surface area contributed by atoms with Crippen LogP contribution in [-0.4, -0.2) is 44.4 Å². The minimum Gasteiger partial charge on any atom is -0.497 e. The molecule has 2 amide bonds. The van der Waals surface area contributed by atoms with Gasteiger partial charge in [-0.05, 0) is 68.3 Å². The van der Waals surface area contributed by atoms with Gasteiger partial charge in [0.05, 0.1) is 30.0 Å². The van der Waals surface area contributed by atoms with E-state index < -0.39 is 10.8 Å². The van der Waals surface area contributed by atoms with Gasteiger partial charge in [0.1, 0.15) is 5.75 Å². The van der Waals surface area contributed by atoms with Crippen molar-refractivity contribution in [2.75, 3.05) is 18.2 Å². The summed E-state index contributed by atoms with van der Waals surface area (Å²) in [6.45, 7) is 5.52. The van der Waals surface area contributed by atoms with E-state index in [1.54, 1.807) is 31.4 Å². The lowest BCUT2D eigenvalue weighted by atomic mass is 10.1. The minimum absolute atomic E-state index is 0.0138. The molecule has 4 aromatic rings. The largest absolute Gasteiger partial charge is 0.497 e. The van der Waals surface area contributed by atoms with Gasteiger partial charge in [0, 0.05) is 22.9 Å². The number of benzene rings is 3. The predicted molar refractivity (Wildman–Crippen MR) is 152 cm³/mol. The number of aromatic nitrogens is 3. The van der Waals surface area contributed by atoms with Gasteiger partial charge in [-0.15, -0.1) is 10.2 Å². The van der Waals surface area contributed by atoms with Crippen LogP contribution in [0.2, 0.25) is 0 Å². The number of hydrogen-bond donors (Lipinski definition) is 2. The van der Waals surface area contributed by atoms with Gasteiger partial charge >= 0.3 is 0 Å². The number of methoxy groups -OCH3 is 1. The lowest BCUT2D eigenvalue weighted by Crippen LogP contribution is -2.25. The van der Waals surface area contributed by atoms with Crippen LogP contribution in [-0.2, 0) is 11.3 Å². The van der Waals surface area contributed by atoms with Crippen LogP contribution in [0.25, 0.3) is 5.69 Å². The Bertz CT molecular complexity index is 1570. The Kier molecular flexibility index (Phi) is 8.80. The molecule has 0 aliphatic rings. The smallest absolute Gasteiger partial charge is 0.273 e. The topological polar surface area (TPSA) is 141 Å². The molecule has 0 radical (unpaired) electrons. The quantitative estimate of drug-likeness (QED) is 0.161. The van der Waals surface area contributed by atoms with Gasteiger partial charge in [0.2, 0.25) is 5.91 Å². The number of amides is 2. The molecule has 0 aliphatic carbocycles. The zero-order chi connectivity index (χ0) is 28.8. The van der Waals surface area contributed by atoms with Crippen LogP contribution in [0, 0.1) is 30.9 Å². The highest BCUT2D eigenvalue weighted by Gasteiger charge is 2.21. The highest BCUT2D eigenvalue weighted by Crippen LogP contribution is 2.27. The van der Waals surface area contributed by atoms with Crippen LogP contribution in [0.3, 0.4) is 0 Å². The summed E-state index contributed by atoms with van der Waals surface area (Å²) in [5, 5.41) is 26.0. The summed E-state index contributed by atoms with van der Waals surface area (Å²) in [6.07, 6.45) is 0. The zero-order valence-corrected chi connectivity index (χ0v) is 23.2. The van der Waals surface area contributed by atoms with Crippen LogP contribution in [0.4, 0.5) is 11.4 Å². The molecule has 0 unspecified atom stereocenters. The average molecular weight is 561 g/mol. The number of nitro benzene ring substituents is 1. The summed E-state index contributed by atoms with van der Waals surface area (Å²) < 4.78 is 6.96. The van der Waals surface area contributed by atoms with Crippen molar-refractivity contribution in [2.24, 2.45) is 0 Å². The standard InChI is InChI=1S/C28H28N6O5S/c1-17-7-5-9-23(18(17)2)33-25(15-29-27(36)22-8-6-10-24(19(22)3)34(37)38)31-32-28(33)40-16-26(35)30-20-11-13-21(39-4)14-12-20/h5-14H,15-16H2,1-4H3,(H,29,36)(H,30,35). The number of nitro groups is 1. The van der Waals surface area contributed by atoms with Crippen molar-refractivity contribution >= 4 is 35.0 Å². The van der Waals surface area contributed by atoms with E-state index in [9.17, 15) is 19.7 Å². The van der Waals surface area contributed by atoms with E-state index in [0.717, 1.165) is 16.8 Å². The van der Waals surface area contributed by atoms with Crippen molar-refractivity contribution in [1.29, 1.82) is 0 Å². The molecular formula is C28H28N6O5S. The molecule has 0 atom stereocenters. The number of nitrogens with one attached hydrogen (secondary N) is 2. The monoisotopic (exact) mass is 560 g/mol. The van der Waals surface area contributed by atoms with Gasteiger partial charge in [-0.2, -0.15) is 0 Å². The number of hydrogen-bond acceptors (Lipinski definition) is 8. The Morgan fingerprint density at radius 2 is 1.73 bits per heavy atom. The van der Waals surface area contributed by atoms with Gasteiger partial charge < -0.3 is 15.4 Å². The first-order valence-electron chi connectivity index (χ1n) is 12.3. The number of nitrogens with zero attached hydrogens (tertiary/aromatic N) is 4.